The number of nitrogens with zero attached hydrogens (tertiary/aromatic N) is 2. The van der Waals surface area contributed by atoms with Crippen LogP contribution in [-0.4, -0.2) is 5.54 Å². The summed E-state index contributed by atoms with van der Waals surface area (Å²) in [6.45, 7) is 0. The number of fused-ring (bicyclic) bond motifs is 3. The number of hydrogen-bond donors (Lipinski definition) is 1. The molecule has 3 heteroatoms. The molecule has 5 rings (SSSR count). The van der Waals surface area contributed by atoms with Gasteiger partial charge in [-0.2, -0.15) is 10.5 Å². The lowest BCUT2D eigenvalue weighted by atomic mass is 9.72. The van der Waals surface area contributed by atoms with Gasteiger partial charge in [0.2, 0.25) is 0 Å². The zero-order valence-corrected chi connectivity index (χ0v) is 15.9. The lowest BCUT2D eigenvalue weighted by molar-refractivity contribution is -0.902. The minimum atomic E-state index is -1.20. The molecule has 0 saturated carbocycles. The smallest absolute Gasteiger partial charge is 0.273 e. The highest BCUT2D eigenvalue weighted by Crippen LogP contribution is 2.51. The molecule has 3 aromatic rings. The molecule has 29 heavy (non-hydrogen) atoms. The van der Waals surface area contributed by atoms with Crippen molar-refractivity contribution >= 4 is 6.08 Å². The molecule has 1 fully saturated rings. The summed E-state index contributed by atoms with van der Waals surface area (Å²) in [6.07, 6.45) is 4.08. The first-order valence-corrected chi connectivity index (χ1v) is 9.87. The van der Waals surface area contributed by atoms with Gasteiger partial charge in [-0.05, 0) is 22.8 Å². The number of rotatable bonds is 2. The van der Waals surface area contributed by atoms with E-state index in [0.717, 1.165) is 10.5 Å². The van der Waals surface area contributed by atoms with Crippen molar-refractivity contribution in [2.75, 3.05) is 0 Å². The molecule has 0 aliphatic carbocycles. The lowest BCUT2D eigenvalue weighted by Crippen LogP contribution is -3.14. The molecule has 3 nitrogen and oxygen atoms in total. The summed E-state index contributed by atoms with van der Waals surface area (Å²) >= 11 is 0. The Morgan fingerprint density at radius 1 is 0.724 bits per heavy atom. The fourth-order valence-corrected chi connectivity index (χ4v) is 5.27. The van der Waals surface area contributed by atoms with Crippen LogP contribution in [0.1, 0.15) is 40.1 Å². The van der Waals surface area contributed by atoms with E-state index in [9.17, 15) is 10.5 Å². The topological polar surface area (TPSA) is 52.0 Å². The van der Waals surface area contributed by atoms with E-state index in [1.54, 1.807) is 0 Å². The first-order chi connectivity index (χ1) is 14.3. The SMILES string of the molecule is N#CC1(C#N)[C@@H](c2ccccc2)[C@H](c2ccccc2)[C@H]2c3ccccc3C=C[NH+]21. The normalized spacial score (nSPS) is 26.0. The summed E-state index contributed by atoms with van der Waals surface area (Å²) in [5.41, 5.74) is 3.38. The number of quaternary nitrogens is 1. The van der Waals surface area contributed by atoms with Crippen molar-refractivity contribution < 1.29 is 4.90 Å². The fourth-order valence-electron chi connectivity index (χ4n) is 5.27. The molecule has 138 valence electrons. The van der Waals surface area contributed by atoms with Crippen molar-refractivity contribution in [2.24, 2.45) is 0 Å². The van der Waals surface area contributed by atoms with Crippen LogP contribution in [0.2, 0.25) is 0 Å². The van der Waals surface area contributed by atoms with Crippen LogP contribution in [0, 0.1) is 22.7 Å². The Balaban J connectivity index is 1.82. The maximum atomic E-state index is 10.4. The van der Waals surface area contributed by atoms with Crippen LogP contribution in [0.25, 0.3) is 6.08 Å². The van der Waals surface area contributed by atoms with Crippen molar-refractivity contribution in [1.29, 1.82) is 10.5 Å². The van der Waals surface area contributed by atoms with E-state index >= 15 is 0 Å². The van der Waals surface area contributed by atoms with E-state index in [4.69, 9.17) is 0 Å². The van der Waals surface area contributed by atoms with Gasteiger partial charge in [-0.25, -0.2) is 0 Å². The summed E-state index contributed by atoms with van der Waals surface area (Å²) in [7, 11) is 0. The fraction of sp³-hybridized carbons (Fsp3) is 0.154. The zero-order chi connectivity index (χ0) is 19.8. The first kappa shape index (κ1) is 17.4. The van der Waals surface area contributed by atoms with Crippen molar-refractivity contribution in [3.63, 3.8) is 0 Å². The summed E-state index contributed by atoms with van der Waals surface area (Å²) < 4.78 is 0. The Morgan fingerprint density at radius 2 is 1.31 bits per heavy atom. The molecule has 3 aromatic carbocycles. The Bertz CT molecular complexity index is 1140. The molecule has 0 radical (unpaired) electrons. The zero-order valence-electron chi connectivity index (χ0n) is 15.9. The van der Waals surface area contributed by atoms with E-state index in [1.807, 2.05) is 54.7 Å². The van der Waals surface area contributed by atoms with E-state index in [2.05, 4.69) is 54.6 Å². The highest BCUT2D eigenvalue weighted by molar-refractivity contribution is 5.58. The molecule has 0 bridgehead atoms. The monoisotopic (exact) mass is 374 g/mol. The molecule has 2 aliphatic rings. The van der Waals surface area contributed by atoms with Gasteiger partial charge in [0, 0.05) is 5.56 Å². The molecular formula is C26H20N3+. The van der Waals surface area contributed by atoms with E-state index in [1.165, 1.54) is 16.7 Å². The molecule has 0 amide bonds. The third-order valence-electron chi connectivity index (χ3n) is 6.44. The lowest BCUT2D eigenvalue weighted by Gasteiger charge is -2.30. The van der Waals surface area contributed by atoms with E-state index in [-0.39, 0.29) is 17.9 Å². The molecular weight excluding hydrogens is 354 g/mol. The Labute approximate surface area is 170 Å². The minimum Gasteiger partial charge on any atom is -0.273 e. The average molecular weight is 374 g/mol. The second kappa shape index (κ2) is 6.74. The van der Waals surface area contributed by atoms with Gasteiger partial charge in [0.15, 0.2) is 0 Å². The van der Waals surface area contributed by atoms with Gasteiger partial charge in [0.25, 0.3) is 5.54 Å². The van der Waals surface area contributed by atoms with Crippen molar-refractivity contribution in [1.82, 2.24) is 0 Å². The van der Waals surface area contributed by atoms with Crippen LogP contribution >= 0.6 is 0 Å². The molecule has 2 heterocycles. The average Bonchev–Trinajstić information content (AvgIpc) is 3.11. The largest absolute Gasteiger partial charge is 0.283 e. The van der Waals surface area contributed by atoms with Crippen molar-refractivity contribution in [3.8, 4) is 12.1 Å². The maximum absolute atomic E-state index is 10.4. The van der Waals surface area contributed by atoms with Crippen LogP contribution < -0.4 is 4.90 Å². The summed E-state index contributed by atoms with van der Waals surface area (Å²) in [6, 6.07) is 33.7. The van der Waals surface area contributed by atoms with Crippen molar-refractivity contribution in [2.45, 2.75) is 23.4 Å². The van der Waals surface area contributed by atoms with Gasteiger partial charge in [0.05, 0.1) is 18.0 Å². The van der Waals surface area contributed by atoms with Gasteiger partial charge in [-0.15, -0.1) is 0 Å². The van der Waals surface area contributed by atoms with Crippen LogP contribution in [0.3, 0.4) is 0 Å². The standard InChI is InChI=1S/C26H19N3/c27-17-26(18-28)24(21-12-5-2-6-13-21)23(20-10-3-1-4-11-20)25-22-14-8-7-9-19(22)15-16-29(25)26/h1-16,23-25H/p+1/t23-,24-,25+/m0/s1. The highest BCUT2D eigenvalue weighted by Gasteiger charge is 2.66. The van der Waals surface area contributed by atoms with Crippen LogP contribution in [0.15, 0.2) is 91.1 Å². The molecule has 1 saturated heterocycles. The Hall–Kier alpha value is -3.66. The molecule has 0 spiro atoms. The minimum absolute atomic E-state index is 0.00288. The van der Waals surface area contributed by atoms with Crippen LogP contribution in [0.4, 0.5) is 0 Å². The van der Waals surface area contributed by atoms with Crippen molar-refractivity contribution in [3.05, 3.63) is 113 Å². The summed E-state index contributed by atoms with van der Waals surface area (Å²) in [5.74, 6) is -0.226. The first-order valence-electron chi connectivity index (χ1n) is 9.87. The third-order valence-corrected chi connectivity index (χ3v) is 6.44. The predicted octanol–water partition coefficient (Wildman–Crippen LogP) is 3.96. The van der Waals surface area contributed by atoms with Gasteiger partial charge in [-0.3, -0.25) is 4.90 Å². The molecule has 1 N–H and O–H groups in total. The third kappa shape index (κ3) is 2.46. The number of hydrogen-bond acceptors (Lipinski definition) is 2. The van der Waals surface area contributed by atoms with E-state index < -0.39 is 5.54 Å². The van der Waals surface area contributed by atoms with E-state index in [0.29, 0.717) is 0 Å². The number of nitrogens with one attached hydrogen (secondary N) is 1. The Morgan fingerprint density at radius 3 is 1.97 bits per heavy atom. The highest BCUT2D eigenvalue weighted by atomic mass is 15.3. The van der Waals surface area contributed by atoms with Gasteiger partial charge < -0.3 is 0 Å². The predicted molar refractivity (Wildman–Crippen MR) is 112 cm³/mol. The van der Waals surface area contributed by atoms with Crippen LogP contribution in [-0.2, 0) is 0 Å². The molecule has 2 aliphatic heterocycles. The summed E-state index contributed by atoms with van der Waals surface area (Å²) in [5, 5.41) is 20.7. The van der Waals surface area contributed by atoms with Gasteiger partial charge in [0.1, 0.15) is 18.2 Å². The maximum Gasteiger partial charge on any atom is 0.283 e. The second-order valence-corrected chi connectivity index (χ2v) is 7.75. The van der Waals surface area contributed by atoms with Crippen LogP contribution in [0.5, 0.6) is 0 Å². The van der Waals surface area contributed by atoms with Gasteiger partial charge >= 0.3 is 0 Å². The quantitative estimate of drug-likeness (QED) is 0.738. The number of nitriles is 2. The molecule has 1 unspecified atom stereocenters. The second-order valence-electron chi connectivity index (χ2n) is 7.75. The molecule has 0 aromatic heterocycles. The summed E-state index contributed by atoms with van der Waals surface area (Å²) in [4.78, 5) is 0.920. The van der Waals surface area contributed by atoms with Gasteiger partial charge in [-0.1, -0.05) is 84.9 Å². The molecule has 4 atom stereocenters. The number of benzene rings is 3. The Kier molecular flexibility index (Phi) is 4.06.